The van der Waals surface area contributed by atoms with E-state index in [2.05, 4.69) is 10.2 Å². The van der Waals surface area contributed by atoms with Gasteiger partial charge in [0.05, 0.1) is 37.4 Å². The number of esters is 1. The van der Waals surface area contributed by atoms with Crippen LogP contribution in [0.1, 0.15) is 27.4 Å². The number of hydrogen-bond donors (Lipinski definition) is 0. The molecule has 9 nitrogen and oxygen atoms in total. The quantitative estimate of drug-likeness (QED) is 0.248. The summed E-state index contributed by atoms with van der Waals surface area (Å²) in [6, 6.07) is 16.6. The summed E-state index contributed by atoms with van der Waals surface area (Å²) in [6.07, 6.45) is 0. The number of para-hydroxylation sites is 2. The zero-order valence-electron chi connectivity index (χ0n) is 19.3. The van der Waals surface area contributed by atoms with Gasteiger partial charge in [0, 0.05) is 5.56 Å². The molecule has 0 amide bonds. The van der Waals surface area contributed by atoms with E-state index in [1.54, 1.807) is 30.7 Å². The molecule has 5 aromatic rings. The van der Waals surface area contributed by atoms with Crippen LogP contribution < -0.4 is 10.3 Å². The van der Waals surface area contributed by atoms with Crippen molar-refractivity contribution in [1.29, 1.82) is 0 Å². The predicted octanol–water partition coefficient (Wildman–Crippen LogP) is 4.08. The highest BCUT2D eigenvalue weighted by Crippen LogP contribution is 2.27. The summed E-state index contributed by atoms with van der Waals surface area (Å²) in [7, 11) is 2.94. The number of benzene rings is 2. The van der Waals surface area contributed by atoms with E-state index in [0.29, 0.717) is 50.4 Å². The summed E-state index contributed by atoms with van der Waals surface area (Å²) in [5, 5.41) is 9.90. The molecule has 0 spiro atoms. The molecule has 0 N–H and O–H groups in total. The number of carbonyl (C=O) groups is 1. The Morgan fingerprint density at radius 2 is 1.86 bits per heavy atom. The number of hydrogen-bond acceptors (Lipinski definition) is 8. The SMILES string of the molecule is COC(=O)c1cc(CSc2nnc3n(Cc4ccccc4OC)c(=O)c4ccccc4n23)oc1C. The normalized spacial score (nSPS) is 11.3. The monoisotopic (exact) mass is 490 g/mol. The third kappa shape index (κ3) is 4.06. The fourth-order valence-electron chi connectivity index (χ4n) is 4.04. The summed E-state index contributed by atoms with van der Waals surface area (Å²) in [4.78, 5) is 25.4. The van der Waals surface area contributed by atoms with E-state index in [9.17, 15) is 9.59 Å². The fourth-order valence-corrected chi connectivity index (χ4v) is 4.86. The molecule has 0 radical (unpaired) electrons. The van der Waals surface area contributed by atoms with Crippen LogP contribution in [0.25, 0.3) is 16.7 Å². The average Bonchev–Trinajstić information content (AvgIpc) is 3.48. The number of carbonyl (C=O) groups excluding carboxylic acids is 1. The second-order valence-corrected chi connectivity index (χ2v) is 8.74. The van der Waals surface area contributed by atoms with Gasteiger partial charge in [-0.15, -0.1) is 10.2 Å². The maximum atomic E-state index is 13.4. The van der Waals surface area contributed by atoms with Gasteiger partial charge in [-0.1, -0.05) is 42.1 Å². The van der Waals surface area contributed by atoms with Crippen LogP contribution in [-0.2, 0) is 17.0 Å². The molecule has 3 aromatic heterocycles. The highest BCUT2D eigenvalue weighted by Gasteiger charge is 2.20. The van der Waals surface area contributed by atoms with E-state index >= 15 is 0 Å². The van der Waals surface area contributed by atoms with E-state index in [1.807, 2.05) is 46.9 Å². The molecule has 10 heteroatoms. The zero-order chi connectivity index (χ0) is 24.5. The maximum Gasteiger partial charge on any atom is 0.341 e. The van der Waals surface area contributed by atoms with Crippen LogP contribution in [0.15, 0.2) is 69.0 Å². The van der Waals surface area contributed by atoms with E-state index in [-0.39, 0.29) is 12.1 Å². The third-order valence-electron chi connectivity index (χ3n) is 5.72. The van der Waals surface area contributed by atoms with Crippen molar-refractivity contribution >= 4 is 34.4 Å². The Balaban J connectivity index is 1.58. The molecule has 0 aliphatic carbocycles. The number of nitrogens with zero attached hydrogens (tertiary/aromatic N) is 4. The molecule has 0 fully saturated rings. The lowest BCUT2D eigenvalue weighted by Gasteiger charge is -2.13. The average molecular weight is 491 g/mol. The van der Waals surface area contributed by atoms with Gasteiger partial charge in [0.2, 0.25) is 5.78 Å². The van der Waals surface area contributed by atoms with Crippen LogP contribution in [0.4, 0.5) is 0 Å². The van der Waals surface area contributed by atoms with Gasteiger partial charge in [-0.05, 0) is 31.2 Å². The first-order valence-corrected chi connectivity index (χ1v) is 11.8. The first-order chi connectivity index (χ1) is 17.0. The van der Waals surface area contributed by atoms with Crippen molar-refractivity contribution in [2.24, 2.45) is 0 Å². The van der Waals surface area contributed by atoms with Crippen LogP contribution in [0.5, 0.6) is 5.75 Å². The lowest BCUT2D eigenvalue weighted by Crippen LogP contribution is -2.24. The molecule has 35 heavy (non-hydrogen) atoms. The summed E-state index contributed by atoms with van der Waals surface area (Å²) in [5.74, 6) is 2.19. The molecule has 0 aliphatic heterocycles. The molecule has 0 saturated heterocycles. The maximum absolute atomic E-state index is 13.4. The van der Waals surface area contributed by atoms with E-state index in [1.165, 1.54) is 18.9 Å². The smallest absolute Gasteiger partial charge is 0.341 e. The highest BCUT2D eigenvalue weighted by atomic mass is 32.2. The Hall–Kier alpha value is -4.05. The zero-order valence-corrected chi connectivity index (χ0v) is 20.2. The van der Waals surface area contributed by atoms with Crippen molar-refractivity contribution in [3.63, 3.8) is 0 Å². The van der Waals surface area contributed by atoms with Crippen LogP contribution >= 0.6 is 11.8 Å². The predicted molar refractivity (Wildman–Crippen MR) is 131 cm³/mol. The second-order valence-electron chi connectivity index (χ2n) is 7.80. The number of furan rings is 1. The van der Waals surface area contributed by atoms with Crippen molar-refractivity contribution in [3.05, 3.63) is 87.6 Å². The Kier molecular flexibility index (Phi) is 6.04. The minimum Gasteiger partial charge on any atom is -0.496 e. The number of fused-ring (bicyclic) bond motifs is 3. The molecular formula is C25H22N4O5S. The minimum absolute atomic E-state index is 0.160. The van der Waals surface area contributed by atoms with Crippen molar-refractivity contribution < 1.29 is 18.7 Å². The van der Waals surface area contributed by atoms with Crippen LogP contribution in [0, 0.1) is 6.92 Å². The van der Waals surface area contributed by atoms with Gasteiger partial charge in [-0.2, -0.15) is 0 Å². The van der Waals surface area contributed by atoms with Gasteiger partial charge >= 0.3 is 5.97 Å². The lowest BCUT2D eigenvalue weighted by atomic mass is 10.2. The molecule has 5 rings (SSSR count). The molecule has 0 saturated carbocycles. The van der Waals surface area contributed by atoms with Crippen molar-refractivity contribution in [3.8, 4) is 5.75 Å². The number of aromatic nitrogens is 4. The number of ether oxygens (including phenoxy) is 2. The fraction of sp³-hybridized carbons (Fsp3) is 0.200. The molecule has 178 valence electrons. The highest BCUT2D eigenvalue weighted by molar-refractivity contribution is 7.98. The molecule has 3 heterocycles. The van der Waals surface area contributed by atoms with Gasteiger partial charge in [0.25, 0.3) is 5.56 Å². The second kappa shape index (κ2) is 9.30. The Morgan fingerprint density at radius 3 is 2.66 bits per heavy atom. The van der Waals surface area contributed by atoms with Gasteiger partial charge in [0.15, 0.2) is 5.16 Å². The number of methoxy groups -OCH3 is 2. The molecule has 0 bridgehead atoms. The molecule has 0 aliphatic rings. The van der Waals surface area contributed by atoms with Crippen LogP contribution in [0.3, 0.4) is 0 Å². The number of rotatable bonds is 7. The largest absolute Gasteiger partial charge is 0.496 e. The summed E-state index contributed by atoms with van der Waals surface area (Å²) in [6.45, 7) is 2.00. The van der Waals surface area contributed by atoms with Gasteiger partial charge < -0.3 is 13.9 Å². The summed E-state index contributed by atoms with van der Waals surface area (Å²) >= 11 is 1.40. The Labute approximate surface area is 204 Å². The lowest BCUT2D eigenvalue weighted by molar-refractivity contribution is 0.0599. The Morgan fingerprint density at radius 1 is 1.09 bits per heavy atom. The summed E-state index contributed by atoms with van der Waals surface area (Å²) < 4.78 is 19.5. The molecule has 2 aromatic carbocycles. The molecule has 0 atom stereocenters. The molecule has 0 unspecified atom stereocenters. The Bertz CT molecular complexity index is 1620. The number of aryl methyl sites for hydroxylation is 1. The molecular weight excluding hydrogens is 468 g/mol. The van der Waals surface area contributed by atoms with Crippen LogP contribution in [-0.4, -0.2) is 39.4 Å². The van der Waals surface area contributed by atoms with E-state index < -0.39 is 5.97 Å². The van der Waals surface area contributed by atoms with Crippen molar-refractivity contribution in [2.75, 3.05) is 14.2 Å². The van der Waals surface area contributed by atoms with Gasteiger partial charge in [-0.3, -0.25) is 13.8 Å². The van der Waals surface area contributed by atoms with E-state index in [4.69, 9.17) is 13.9 Å². The first kappa shape index (κ1) is 22.7. The van der Waals surface area contributed by atoms with Gasteiger partial charge in [0.1, 0.15) is 22.8 Å². The first-order valence-electron chi connectivity index (χ1n) is 10.8. The van der Waals surface area contributed by atoms with Crippen LogP contribution in [0.2, 0.25) is 0 Å². The number of thioether (sulfide) groups is 1. The van der Waals surface area contributed by atoms with Crippen molar-refractivity contribution in [1.82, 2.24) is 19.2 Å². The minimum atomic E-state index is -0.443. The standard InChI is InChI=1S/C25H22N4O5S/c1-15-19(23(31)33-3)12-17(34-15)14-35-25-27-26-24-28(13-16-8-4-7-11-21(16)32-2)22(30)18-9-5-6-10-20(18)29(24)25/h4-12H,13-14H2,1-3H3. The third-order valence-corrected chi connectivity index (χ3v) is 6.67. The van der Waals surface area contributed by atoms with Crippen molar-refractivity contribution in [2.45, 2.75) is 24.4 Å². The topological polar surface area (TPSA) is 101 Å². The van der Waals surface area contributed by atoms with Gasteiger partial charge in [-0.25, -0.2) is 4.79 Å². The van der Waals surface area contributed by atoms with E-state index in [0.717, 1.165) is 5.56 Å². The summed E-state index contributed by atoms with van der Waals surface area (Å²) in [5.41, 5.74) is 1.80.